The molecule has 0 aromatic heterocycles. The molecule has 0 bridgehead atoms. The molecule has 22 heavy (non-hydrogen) atoms. The minimum Gasteiger partial charge on any atom is -0.465 e. The first kappa shape index (κ1) is 15.7. The Morgan fingerprint density at radius 3 is 2.27 bits per heavy atom. The van der Waals surface area contributed by atoms with Crippen LogP contribution in [0.4, 0.5) is 10.1 Å². The van der Waals surface area contributed by atoms with Gasteiger partial charge in [0.25, 0.3) is 5.91 Å². The highest BCUT2D eigenvalue weighted by Crippen LogP contribution is 2.19. The number of benzene rings is 2. The van der Waals surface area contributed by atoms with Gasteiger partial charge in [-0.25, -0.2) is 9.18 Å². The number of anilines is 1. The molecule has 0 aliphatic rings. The fourth-order valence-corrected chi connectivity index (χ4v) is 1.93. The number of halogens is 1. The van der Waals surface area contributed by atoms with Gasteiger partial charge in [-0.2, -0.15) is 0 Å². The smallest absolute Gasteiger partial charge is 0.337 e. The van der Waals surface area contributed by atoms with Crippen LogP contribution in [0.2, 0.25) is 0 Å². The fraction of sp³-hybridized carbons (Fsp3) is 0.176. The molecule has 0 aliphatic carbocycles. The van der Waals surface area contributed by atoms with Gasteiger partial charge in [0.2, 0.25) is 0 Å². The van der Waals surface area contributed by atoms with Crippen molar-refractivity contribution in [3.05, 3.63) is 64.5 Å². The van der Waals surface area contributed by atoms with Gasteiger partial charge < -0.3 is 10.1 Å². The molecule has 2 aromatic rings. The van der Waals surface area contributed by atoms with Crippen LogP contribution in [0, 0.1) is 19.7 Å². The van der Waals surface area contributed by atoms with Crippen LogP contribution in [0.25, 0.3) is 0 Å². The molecule has 0 heterocycles. The summed E-state index contributed by atoms with van der Waals surface area (Å²) in [6.45, 7) is 3.42. The zero-order chi connectivity index (χ0) is 16.3. The summed E-state index contributed by atoms with van der Waals surface area (Å²) in [5.41, 5.74) is 2.28. The number of carbonyl (C=O) groups is 2. The highest BCUT2D eigenvalue weighted by Gasteiger charge is 2.12. The number of amides is 1. The van der Waals surface area contributed by atoms with Crippen molar-refractivity contribution in [3.63, 3.8) is 0 Å². The van der Waals surface area contributed by atoms with Gasteiger partial charge in [0, 0.05) is 11.3 Å². The van der Waals surface area contributed by atoms with E-state index in [1.165, 1.54) is 19.2 Å². The van der Waals surface area contributed by atoms with Gasteiger partial charge >= 0.3 is 5.97 Å². The second-order valence-electron chi connectivity index (χ2n) is 4.94. The first-order valence-corrected chi connectivity index (χ1v) is 6.69. The summed E-state index contributed by atoms with van der Waals surface area (Å²) in [6, 6.07) is 9.13. The molecular weight excluding hydrogens is 285 g/mol. The molecule has 1 N–H and O–H groups in total. The maximum absolute atomic E-state index is 13.5. The Balaban J connectivity index is 2.27. The van der Waals surface area contributed by atoms with Crippen molar-refractivity contribution in [2.24, 2.45) is 0 Å². The van der Waals surface area contributed by atoms with Gasteiger partial charge in [0.05, 0.1) is 12.7 Å². The second-order valence-corrected chi connectivity index (χ2v) is 4.94. The summed E-state index contributed by atoms with van der Waals surface area (Å²) in [4.78, 5) is 23.7. The number of nitrogens with one attached hydrogen (secondary N) is 1. The lowest BCUT2D eigenvalue weighted by Crippen LogP contribution is -2.14. The van der Waals surface area contributed by atoms with E-state index in [1.54, 1.807) is 38.1 Å². The van der Waals surface area contributed by atoms with Crippen molar-refractivity contribution >= 4 is 17.6 Å². The number of hydrogen-bond acceptors (Lipinski definition) is 3. The van der Waals surface area contributed by atoms with E-state index in [2.05, 4.69) is 10.1 Å². The Kier molecular flexibility index (Phi) is 4.56. The van der Waals surface area contributed by atoms with E-state index in [9.17, 15) is 14.0 Å². The summed E-state index contributed by atoms with van der Waals surface area (Å²) in [5, 5.41) is 2.68. The number of methoxy groups -OCH3 is 1. The molecule has 5 heteroatoms. The van der Waals surface area contributed by atoms with E-state index >= 15 is 0 Å². The van der Waals surface area contributed by atoms with Crippen LogP contribution >= 0.6 is 0 Å². The monoisotopic (exact) mass is 301 g/mol. The van der Waals surface area contributed by atoms with E-state index in [1.807, 2.05) is 0 Å². The average Bonchev–Trinajstić information content (AvgIpc) is 2.51. The molecule has 0 fully saturated rings. The zero-order valence-electron chi connectivity index (χ0n) is 12.6. The van der Waals surface area contributed by atoms with Crippen LogP contribution in [0.5, 0.6) is 0 Å². The van der Waals surface area contributed by atoms with Crippen molar-refractivity contribution in [1.82, 2.24) is 0 Å². The molecule has 1 amide bonds. The molecule has 0 unspecified atom stereocenters. The summed E-state index contributed by atoms with van der Waals surface area (Å²) >= 11 is 0. The Labute approximate surface area is 127 Å². The molecule has 0 saturated heterocycles. The predicted molar refractivity (Wildman–Crippen MR) is 81.6 cm³/mol. The van der Waals surface area contributed by atoms with Gasteiger partial charge in [0.1, 0.15) is 5.82 Å². The van der Waals surface area contributed by atoms with Gasteiger partial charge in [0.15, 0.2) is 0 Å². The molecule has 0 saturated carbocycles. The zero-order valence-corrected chi connectivity index (χ0v) is 12.6. The number of ether oxygens (including phenoxy) is 1. The highest BCUT2D eigenvalue weighted by atomic mass is 19.1. The van der Waals surface area contributed by atoms with Crippen molar-refractivity contribution in [3.8, 4) is 0 Å². The summed E-state index contributed by atoms with van der Waals surface area (Å²) in [7, 11) is 1.29. The summed E-state index contributed by atoms with van der Waals surface area (Å²) in [6.07, 6.45) is 0. The van der Waals surface area contributed by atoms with Gasteiger partial charge in [-0.05, 0) is 49.2 Å². The molecule has 0 atom stereocenters. The lowest BCUT2D eigenvalue weighted by Gasteiger charge is -2.10. The number of carbonyl (C=O) groups excluding carboxylic acids is 2. The molecule has 2 aromatic carbocycles. The summed E-state index contributed by atoms with van der Waals surface area (Å²) < 4.78 is 18.2. The minimum atomic E-state index is -0.489. The van der Waals surface area contributed by atoms with Crippen LogP contribution in [0.1, 0.15) is 31.8 Å². The lowest BCUT2D eigenvalue weighted by atomic mass is 10.1. The lowest BCUT2D eigenvalue weighted by molar-refractivity contribution is 0.0600. The highest BCUT2D eigenvalue weighted by molar-refractivity contribution is 6.05. The number of aryl methyl sites for hydroxylation is 2. The second kappa shape index (κ2) is 6.39. The molecule has 114 valence electrons. The van der Waals surface area contributed by atoms with E-state index < -0.39 is 17.7 Å². The topological polar surface area (TPSA) is 55.4 Å². The van der Waals surface area contributed by atoms with Crippen LogP contribution < -0.4 is 5.32 Å². The van der Waals surface area contributed by atoms with E-state index in [-0.39, 0.29) is 5.56 Å². The third-order valence-electron chi connectivity index (χ3n) is 3.34. The quantitative estimate of drug-likeness (QED) is 0.883. The van der Waals surface area contributed by atoms with Crippen molar-refractivity contribution in [1.29, 1.82) is 0 Å². The molecule has 0 spiro atoms. The average molecular weight is 301 g/mol. The van der Waals surface area contributed by atoms with Crippen LogP contribution in [0.15, 0.2) is 36.4 Å². The first-order valence-electron chi connectivity index (χ1n) is 6.69. The first-order chi connectivity index (χ1) is 10.4. The van der Waals surface area contributed by atoms with Gasteiger partial charge in [-0.3, -0.25) is 4.79 Å². The van der Waals surface area contributed by atoms with Crippen molar-refractivity contribution in [2.75, 3.05) is 12.4 Å². The third-order valence-corrected chi connectivity index (χ3v) is 3.34. The number of rotatable bonds is 3. The van der Waals surface area contributed by atoms with E-state index in [4.69, 9.17) is 0 Å². The van der Waals surface area contributed by atoms with Gasteiger partial charge in [-0.15, -0.1) is 0 Å². The normalized spacial score (nSPS) is 10.2. The molecule has 0 radical (unpaired) electrons. The Hall–Kier alpha value is -2.69. The van der Waals surface area contributed by atoms with Crippen molar-refractivity contribution in [2.45, 2.75) is 13.8 Å². The molecule has 4 nitrogen and oxygen atoms in total. The van der Waals surface area contributed by atoms with Crippen LogP contribution in [0.3, 0.4) is 0 Å². The van der Waals surface area contributed by atoms with E-state index in [0.717, 1.165) is 5.56 Å². The van der Waals surface area contributed by atoms with Crippen molar-refractivity contribution < 1.29 is 18.7 Å². The predicted octanol–water partition coefficient (Wildman–Crippen LogP) is 3.48. The number of esters is 1. The standard InChI is InChI=1S/C17H16FNO3/c1-10-4-6-12(8-14(10)18)16(20)19-15-9-13(17(21)22-3)7-5-11(15)2/h4-9H,1-3H3,(H,19,20). The van der Waals surface area contributed by atoms with Crippen LogP contribution in [-0.4, -0.2) is 19.0 Å². The third kappa shape index (κ3) is 3.31. The maximum atomic E-state index is 13.5. The Morgan fingerprint density at radius 1 is 1.00 bits per heavy atom. The Morgan fingerprint density at radius 2 is 1.64 bits per heavy atom. The molecule has 0 aliphatic heterocycles. The maximum Gasteiger partial charge on any atom is 0.337 e. The van der Waals surface area contributed by atoms with E-state index in [0.29, 0.717) is 16.8 Å². The largest absolute Gasteiger partial charge is 0.465 e. The minimum absolute atomic E-state index is 0.214. The van der Waals surface area contributed by atoms with Gasteiger partial charge in [-0.1, -0.05) is 12.1 Å². The SMILES string of the molecule is COC(=O)c1ccc(C)c(NC(=O)c2ccc(C)c(F)c2)c1. The summed E-state index contributed by atoms with van der Waals surface area (Å²) in [5.74, 6) is -1.37. The Bertz CT molecular complexity index is 741. The molecule has 2 rings (SSSR count). The van der Waals surface area contributed by atoms with Crippen LogP contribution in [-0.2, 0) is 4.74 Å². The fourth-order valence-electron chi connectivity index (χ4n) is 1.93. The molecular formula is C17H16FNO3. The number of hydrogen-bond donors (Lipinski definition) is 1.